The van der Waals surface area contributed by atoms with Crippen molar-refractivity contribution in [2.75, 3.05) is 45.4 Å². The van der Waals surface area contributed by atoms with Gasteiger partial charge in [-0.1, -0.05) is 6.92 Å². The Morgan fingerprint density at radius 1 is 1.15 bits per heavy atom. The number of anilines is 1. The molecule has 1 N–H and O–H groups in total. The standard InChI is InChI=1S/C15H26N2O3/c1-3-6-16-14-5-7-17-15(12-14)13-20-11-10-19-9-4-8-18-2/h5,7,12H,3-4,6,8-11,13H2,1-2H3,(H,16,17). The molecular formula is C15H26N2O3. The van der Waals surface area contributed by atoms with Crippen LogP contribution < -0.4 is 5.32 Å². The van der Waals surface area contributed by atoms with Crippen molar-refractivity contribution >= 4 is 5.69 Å². The molecule has 0 aliphatic heterocycles. The smallest absolute Gasteiger partial charge is 0.0889 e. The van der Waals surface area contributed by atoms with E-state index in [1.807, 2.05) is 12.1 Å². The lowest BCUT2D eigenvalue weighted by Crippen LogP contribution is -2.07. The number of methoxy groups -OCH3 is 1. The van der Waals surface area contributed by atoms with E-state index in [1.54, 1.807) is 13.3 Å². The highest BCUT2D eigenvalue weighted by atomic mass is 16.5. The van der Waals surface area contributed by atoms with E-state index in [9.17, 15) is 0 Å². The predicted molar refractivity (Wildman–Crippen MR) is 80.0 cm³/mol. The summed E-state index contributed by atoms with van der Waals surface area (Å²) < 4.78 is 15.9. The summed E-state index contributed by atoms with van der Waals surface area (Å²) in [5.41, 5.74) is 2.03. The zero-order chi connectivity index (χ0) is 14.5. The van der Waals surface area contributed by atoms with Crippen LogP contribution in [-0.2, 0) is 20.8 Å². The Morgan fingerprint density at radius 2 is 2.00 bits per heavy atom. The number of hydrogen-bond acceptors (Lipinski definition) is 5. The maximum Gasteiger partial charge on any atom is 0.0889 e. The third-order valence-corrected chi connectivity index (χ3v) is 2.65. The van der Waals surface area contributed by atoms with Crippen LogP contribution in [0.4, 0.5) is 5.69 Å². The second-order valence-corrected chi connectivity index (χ2v) is 4.47. The summed E-state index contributed by atoms with van der Waals surface area (Å²) in [7, 11) is 1.69. The van der Waals surface area contributed by atoms with E-state index in [0.717, 1.165) is 37.4 Å². The quantitative estimate of drug-likeness (QED) is 0.597. The Balaban J connectivity index is 2.09. The summed E-state index contributed by atoms with van der Waals surface area (Å²) in [6.45, 7) is 6.28. The number of nitrogens with one attached hydrogen (secondary N) is 1. The Labute approximate surface area is 121 Å². The van der Waals surface area contributed by atoms with E-state index in [2.05, 4.69) is 17.2 Å². The van der Waals surface area contributed by atoms with Crippen LogP contribution in [0.15, 0.2) is 18.3 Å². The van der Waals surface area contributed by atoms with Crippen LogP contribution in [0.25, 0.3) is 0 Å². The number of hydrogen-bond donors (Lipinski definition) is 1. The van der Waals surface area contributed by atoms with Crippen molar-refractivity contribution in [1.29, 1.82) is 0 Å². The van der Waals surface area contributed by atoms with Crippen molar-refractivity contribution in [3.05, 3.63) is 24.0 Å². The van der Waals surface area contributed by atoms with Crippen molar-refractivity contribution in [2.24, 2.45) is 0 Å². The second-order valence-electron chi connectivity index (χ2n) is 4.47. The highest BCUT2D eigenvalue weighted by Gasteiger charge is 1.98. The summed E-state index contributed by atoms with van der Waals surface area (Å²) in [5.74, 6) is 0. The van der Waals surface area contributed by atoms with E-state index >= 15 is 0 Å². The first-order valence-corrected chi connectivity index (χ1v) is 7.20. The molecule has 5 heteroatoms. The molecule has 0 aliphatic carbocycles. The highest BCUT2D eigenvalue weighted by Crippen LogP contribution is 2.08. The van der Waals surface area contributed by atoms with Gasteiger partial charge in [0.2, 0.25) is 0 Å². The van der Waals surface area contributed by atoms with Gasteiger partial charge in [0.25, 0.3) is 0 Å². The van der Waals surface area contributed by atoms with E-state index in [0.29, 0.717) is 26.4 Å². The molecule has 1 aromatic heterocycles. The van der Waals surface area contributed by atoms with Crippen LogP contribution >= 0.6 is 0 Å². The fourth-order valence-corrected chi connectivity index (χ4v) is 1.64. The van der Waals surface area contributed by atoms with Gasteiger partial charge in [-0.15, -0.1) is 0 Å². The molecule has 0 unspecified atom stereocenters. The highest BCUT2D eigenvalue weighted by molar-refractivity contribution is 5.42. The Kier molecular flexibility index (Phi) is 9.83. The largest absolute Gasteiger partial charge is 0.385 e. The lowest BCUT2D eigenvalue weighted by molar-refractivity contribution is 0.0327. The molecule has 0 bridgehead atoms. The zero-order valence-corrected chi connectivity index (χ0v) is 12.6. The molecule has 0 fully saturated rings. The van der Waals surface area contributed by atoms with Crippen LogP contribution in [0.1, 0.15) is 25.5 Å². The van der Waals surface area contributed by atoms with Gasteiger partial charge >= 0.3 is 0 Å². The number of nitrogens with zero attached hydrogens (tertiary/aromatic N) is 1. The van der Waals surface area contributed by atoms with Crippen LogP contribution in [0, 0.1) is 0 Å². The molecule has 0 radical (unpaired) electrons. The normalized spacial score (nSPS) is 10.7. The van der Waals surface area contributed by atoms with E-state index < -0.39 is 0 Å². The molecular weight excluding hydrogens is 256 g/mol. The van der Waals surface area contributed by atoms with Crippen LogP contribution in [0.5, 0.6) is 0 Å². The monoisotopic (exact) mass is 282 g/mol. The van der Waals surface area contributed by atoms with E-state index in [1.165, 1.54) is 0 Å². The summed E-state index contributed by atoms with van der Waals surface area (Å²) in [6, 6.07) is 3.99. The van der Waals surface area contributed by atoms with Gasteiger partial charge in [0, 0.05) is 38.8 Å². The molecule has 0 spiro atoms. The van der Waals surface area contributed by atoms with Gasteiger partial charge in [0.15, 0.2) is 0 Å². The predicted octanol–water partition coefficient (Wildman–Crippen LogP) is 2.47. The summed E-state index contributed by atoms with van der Waals surface area (Å²) in [5, 5.41) is 3.33. The molecule has 0 aromatic carbocycles. The maximum atomic E-state index is 5.54. The first-order chi connectivity index (χ1) is 9.86. The minimum Gasteiger partial charge on any atom is -0.385 e. The van der Waals surface area contributed by atoms with Crippen molar-refractivity contribution in [3.63, 3.8) is 0 Å². The minimum absolute atomic E-state index is 0.517. The van der Waals surface area contributed by atoms with Gasteiger partial charge in [-0.2, -0.15) is 0 Å². The maximum absolute atomic E-state index is 5.54. The molecule has 0 aliphatic rings. The summed E-state index contributed by atoms with van der Waals surface area (Å²) in [4.78, 5) is 4.28. The van der Waals surface area contributed by atoms with Crippen molar-refractivity contribution in [3.8, 4) is 0 Å². The van der Waals surface area contributed by atoms with Gasteiger partial charge in [0.1, 0.15) is 0 Å². The Morgan fingerprint density at radius 3 is 2.80 bits per heavy atom. The molecule has 1 rings (SSSR count). The first kappa shape index (κ1) is 16.9. The number of pyridine rings is 1. The van der Waals surface area contributed by atoms with Crippen LogP contribution in [0.3, 0.4) is 0 Å². The molecule has 1 aromatic rings. The minimum atomic E-state index is 0.517. The van der Waals surface area contributed by atoms with Crippen molar-refractivity contribution in [2.45, 2.75) is 26.4 Å². The Hall–Kier alpha value is -1.17. The first-order valence-electron chi connectivity index (χ1n) is 7.20. The topological polar surface area (TPSA) is 52.6 Å². The number of rotatable bonds is 12. The fraction of sp³-hybridized carbons (Fsp3) is 0.667. The molecule has 114 valence electrons. The SMILES string of the molecule is CCCNc1ccnc(COCCOCCCOC)c1. The van der Waals surface area contributed by atoms with Gasteiger partial charge in [-0.3, -0.25) is 4.98 Å². The van der Waals surface area contributed by atoms with Gasteiger partial charge in [-0.05, 0) is 25.0 Å². The van der Waals surface area contributed by atoms with Crippen molar-refractivity contribution < 1.29 is 14.2 Å². The zero-order valence-electron chi connectivity index (χ0n) is 12.6. The summed E-state index contributed by atoms with van der Waals surface area (Å²) in [6.07, 6.45) is 3.83. The van der Waals surface area contributed by atoms with Crippen molar-refractivity contribution in [1.82, 2.24) is 4.98 Å². The average Bonchev–Trinajstić information content (AvgIpc) is 2.48. The molecule has 5 nitrogen and oxygen atoms in total. The molecule has 0 atom stereocenters. The Bertz CT molecular complexity index is 348. The van der Waals surface area contributed by atoms with E-state index in [4.69, 9.17) is 14.2 Å². The third-order valence-electron chi connectivity index (χ3n) is 2.65. The van der Waals surface area contributed by atoms with Crippen LogP contribution in [-0.4, -0.2) is 45.1 Å². The number of ether oxygens (including phenoxy) is 3. The van der Waals surface area contributed by atoms with Gasteiger partial charge in [-0.25, -0.2) is 0 Å². The second kappa shape index (κ2) is 11.6. The average molecular weight is 282 g/mol. The summed E-state index contributed by atoms with van der Waals surface area (Å²) >= 11 is 0. The fourth-order valence-electron chi connectivity index (χ4n) is 1.64. The van der Waals surface area contributed by atoms with Crippen LogP contribution in [0.2, 0.25) is 0 Å². The lowest BCUT2D eigenvalue weighted by atomic mass is 10.3. The third kappa shape index (κ3) is 8.09. The molecule has 20 heavy (non-hydrogen) atoms. The lowest BCUT2D eigenvalue weighted by Gasteiger charge is -2.08. The molecule has 0 saturated heterocycles. The number of aromatic nitrogens is 1. The molecule has 0 saturated carbocycles. The van der Waals surface area contributed by atoms with Gasteiger partial charge in [0.05, 0.1) is 25.5 Å². The molecule has 0 amide bonds. The molecule has 1 heterocycles. The van der Waals surface area contributed by atoms with E-state index in [-0.39, 0.29) is 0 Å². The van der Waals surface area contributed by atoms with Gasteiger partial charge < -0.3 is 19.5 Å².